The van der Waals surface area contributed by atoms with E-state index in [1.165, 1.54) is 12.1 Å². The van der Waals surface area contributed by atoms with Crippen molar-refractivity contribution in [3.05, 3.63) is 99.5 Å². The topological polar surface area (TPSA) is 57.8 Å². The van der Waals surface area contributed by atoms with E-state index in [0.29, 0.717) is 18.8 Å². The normalized spacial score (nSPS) is 11.1. The zero-order valence-electron chi connectivity index (χ0n) is 14.7. The summed E-state index contributed by atoms with van der Waals surface area (Å²) in [5.74, 6) is 0. The van der Waals surface area contributed by atoms with Crippen molar-refractivity contribution in [1.29, 1.82) is 5.26 Å². The zero-order chi connectivity index (χ0) is 20.1. The van der Waals surface area contributed by atoms with Gasteiger partial charge in [0.2, 0.25) is 0 Å². The molecule has 7 heteroatoms. The highest BCUT2D eigenvalue weighted by Gasteiger charge is 2.31. The lowest BCUT2D eigenvalue weighted by Gasteiger charge is -2.12. The average Bonchev–Trinajstić information content (AvgIpc) is 2.68. The molecule has 0 aliphatic carbocycles. The van der Waals surface area contributed by atoms with Crippen LogP contribution >= 0.6 is 0 Å². The molecule has 0 amide bonds. The van der Waals surface area contributed by atoms with Crippen molar-refractivity contribution in [1.82, 2.24) is 4.57 Å². The minimum Gasteiger partial charge on any atom is -0.380 e. The summed E-state index contributed by atoms with van der Waals surface area (Å²) in [4.78, 5) is 11.8. The lowest BCUT2D eigenvalue weighted by atomic mass is 10.1. The molecule has 4 nitrogen and oxygen atoms in total. The number of anilines is 1. The van der Waals surface area contributed by atoms with E-state index in [4.69, 9.17) is 5.26 Å². The summed E-state index contributed by atoms with van der Waals surface area (Å²) in [5, 5.41) is 12.1. The molecule has 0 saturated carbocycles. The highest BCUT2D eigenvalue weighted by atomic mass is 19.4. The molecule has 3 aromatic rings. The molecule has 0 spiro atoms. The fraction of sp³-hybridized carbons (Fsp3) is 0.143. The summed E-state index contributed by atoms with van der Waals surface area (Å²) < 4.78 is 39.9. The van der Waals surface area contributed by atoms with E-state index >= 15 is 0 Å². The van der Waals surface area contributed by atoms with Gasteiger partial charge in [0.1, 0.15) is 6.07 Å². The molecule has 2 aromatic carbocycles. The van der Waals surface area contributed by atoms with E-state index in [2.05, 4.69) is 5.32 Å². The van der Waals surface area contributed by atoms with Gasteiger partial charge < -0.3 is 9.88 Å². The van der Waals surface area contributed by atoms with Gasteiger partial charge in [-0.3, -0.25) is 4.79 Å². The smallest absolute Gasteiger partial charge is 0.380 e. The van der Waals surface area contributed by atoms with Crippen LogP contribution in [-0.4, -0.2) is 4.57 Å². The molecule has 0 radical (unpaired) electrons. The number of rotatable bonds is 5. The van der Waals surface area contributed by atoms with Crippen LogP contribution in [0.5, 0.6) is 0 Å². The van der Waals surface area contributed by atoms with E-state index in [0.717, 1.165) is 23.3 Å². The van der Waals surface area contributed by atoms with Crippen molar-refractivity contribution in [2.45, 2.75) is 19.3 Å². The molecule has 3 rings (SSSR count). The largest absolute Gasteiger partial charge is 0.416 e. The lowest BCUT2D eigenvalue weighted by molar-refractivity contribution is -0.137. The minimum absolute atomic E-state index is 0.0603. The molecule has 0 unspecified atom stereocenters. The predicted molar refractivity (Wildman–Crippen MR) is 99.7 cm³/mol. The van der Waals surface area contributed by atoms with E-state index in [1.807, 2.05) is 24.3 Å². The number of halogens is 3. The van der Waals surface area contributed by atoms with E-state index < -0.39 is 11.7 Å². The Morgan fingerprint density at radius 1 is 1.00 bits per heavy atom. The molecule has 0 saturated heterocycles. The van der Waals surface area contributed by atoms with Gasteiger partial charge in [-0.1, -0.05) is 30.3 Å². The molecule has 0 aliphatic heterocycles. The Balaban J connectivity index is 1.68. The molecule has 0 atom stereocenters. The monoisotopic (exact) mass is 383 g/mol. The van der Waals surface area contributed by atoms with E-state index in [9.17, 15) is 18.0 Å². The number of hydrogen-bond acceptors (Lipinski definition) is 3. The Labute approximate surface area is 159 Å². The quantitative estimate of drug-likeness (QED) is 0.711. The van der Waals surface area contributed by atoms with Gasteiger partial charge in [0.15, 0.2) is 0 Å². The summed E-state index contributed by atoms with van der Waals surface area (Å²) in [6.45, 7) is 0.802. The summed E-state index contributed by atoms with van der Waals surface area (Å²) in [7, 11) is 0. The number of nitrogens with one attached hydrogen (secondary N) is 1. The number of nitrogens with zero attached hydrogens (tertiary/aromatic N) is 2. The van der Waals surface area contributed by atoms with Gasteiger partial charge in [-0.15, -0.1) is 0 Å². The van der Waals surface area contributed by atoms with Crippen LogP contribution in [0.1, 0.15) is 22.3 Å². The Bertz CT molecular complexity index is 1060. The maximum atomic E-state index is 12.8. The van der Waals surface area contributed by atoms with Crippen molar-refractivity contribution < 1.29 is 13.2 Å². The Hall–Kier alpha value is -3.53. The van der Waals surface area contributed by atoms with Gasteiger partial charge in [0.05, 0.1) is 23.4 Å². The van der Waals surface area contributed by atoms with Crippen LogP contribution < -0.4 is 10.9 Å². The third-order valence-corrected chi connectivity index (χ3v) is 4.23. The zero-order valence-corrected chi connectivity index (χ0v) is 14.7. The van der Waals surface area contributed by atoms with Crippen molar-refractivity contribution in [3.8, 4) is 6.07 Å². The number of alkyl halides is 3. The van der Waals surface area contributed by atoms with Gasteiger partial charge in [-0.05, 0) is 35.4 Å². The number of pyridine rings is 1. The first-order valence-electron chi connectivity index (χ1n) is 8.45. The van der Waals surface area contributed by atoms with E-state index in [1.54, 1.807) is 29.0 Å². The highest BCUT2D eigenvalue weighted by Crippen LogP contribution is 2.31. The molecule has 0 bridgehead atoms. The van der Waals surface area contributed by atoms with Crippen molar-refractivity contribution in [2.75, 3.05) is 5.32 Å². The Kier molecular flexibility index (Phi) is 5.50. The second-order valence-corrected chi connectivity index (χ2v) is 6.21. The summed E-state index contributed by atoms with van der Waals surface area (Å²) >= 11 is 0. The van der Waals surface area contributed by atoms with Gasteiger partial charge in [-0.25, -0.2) is 0 Å². The third-order valence-electron chi connectivity index (χ3n) is 4.23. The van der Waals surface area contributed by atoms with Gasteiger partial charge in [0, 0.05) is 18.8 Å². The molecule has 1 heterocycles. The predicted octanol–water partition coefficient (Wildman–Crippen LogP) is 4.40. The SMILES string of the molecule is N#Cc1cc(C(F)(F)F)ccc1NCc1ccc(Cn2ccccc2=O)cc1. The number of nitriles is 1. The molecule has 1 N–H and O–H groups in total. The van der Waals surface area contributed by atoms with Crippen molar-refractivity contribution in [3.63, 3.8) is 0 Å². The fourth-order valence-corrected chi connectivity index (χ4v) is 2.72. The minimum atomic E-state index is -4.49. The van der Waals surface area contributed by atoms with Crippen LogP contribution in [0.15, 0.2) is 71.7 Å². The standard InChI is InChI=1S/C21H16F3N3O/c22-21(23,24)18-8-9-19(17(11-18)12-25)26-13-15-4-6-16(7-5-15)14-27-10-2-1-3-20(27)28/h1-11,26H,13-14H2. The van der Waals surface area contributed by atoms with Crippen LogP contribution in [0.2, 0.25) is 0 Å². The first kappa shape index (κ1) is 19.2. The lowest BCUT2D eigenvalue weighted by Crippen LogP contribution is -2.18. The summed E-state index contributed by atoms with van der Waals surface area (Å²) in [6.07, 6.45) is -2.77. The molecule has 142 valence electrons. The average molecular weight is 383 g/mol. The van der Waals surface area contributed by atoms with Gasteiger partial charge in [-0.2, -0.15) is 18.4 Å². The third kappa shape index (κ3) is 4.60. The molecule has 0 aliphatic rings. The maximum absolute atomic E-state index is 12.8. The fourth-order valence-electron chi connectivity index (χ4n) is 2.72. The maximum Gasteiger partial charge on any atom is 0.416 e. The number of benzene rings is 2. The van der Waals surface area contributed by atoms with Crippen LogP contribution in [0.25, 0.3) is 0 Å². The summed E-state index contributed by atoms with van der Waals surface area (Å²) in [6, 6.07) is 17.3. The second kappa shape index (κ2) is 8.01. The first-order valence-corrected chi connectivity index (χ1v) is 8.45. The Morgan fingerprint density at radius 3 is 2.36 bits per heavy atom. The highest BCUT2D eigenvalue weighted by molar-refractivity contribution is 5.59. The molecule has 28 heavy (non-hydrogen) atoms. The van der Waals surface area contributed by atoms with Gasteiger partial charge >= 0.3 is 6.18 Å². The molecule has 0 fully saturated rings. The van der Waals surface area contributed by atoms with E-state index in [-0.39, 0.29) is 11.1 Å². The summed E-state index contributed by atoms with van der Waals surface area (Å²) in [5.41, 5.74) is 1.19. The molecular formula is C21H16F3N3O. The molecular weight excluding hydrogens is 367 g/mol. The van der Waals surface area contributed by atoms with Crippen LogP contribution in [-0.2, 0) is 19.3 Å². The number of hydrogen-bond donors (Lipinski definition) is 1. The van der Waals surface area contributed by atoms with Crippen LogP contribution in [0.3, 0.4) is 0 Å². The van der Waals surface area contributed by atoms with Crippen molar-refractivity contribution in [2.24, 2.45) is 0 Å². The van der Waals surface area contributed by atoms with Gasteiger partial charge in [0.25, 0.3) is 5.56 Å². The Morgan fingerprint density at radius 2 is 1.71 bits per heavy atom. The van der Waals surface area contributed by atoms with Crippen molar-refractivity contribution >= 4 is 5.69 Å². The second-order valence-electron chi connectivity index (χ2n) is 6.21. The number of aromatic nitrogens is 1. The van der Waals surface area contributed by atoms with Crippen LogP contribution in [0.4, 0.5) is 18.9 Å². The molecule has 1 aromatic heterocycles. The van der Waals surface area contributed by atoms with Crippen LogP contribution in [0, 0.1) is 11.3 Å². The first-order chi connectivity index (χ1) is 13.4.